The highest BCUT2D eigenvalue weighted by Crippen LogP contribution is 2.33. The maximum Gasteiger partial charge on any atom is 0.123 e. The van der Waals surface area contributed by atoms with E-state index in [1.165, 1.54) is 0 Å². The molecular weight excluding hydrogens is 176 g/mol. The van der Waals surface area contributed by atoms with Gasteiger partial charge >= 0.3 is 0 Å². The minimum atomic E-state index is -0.807. The van der Waals surface area contributed by atoms with E-state index in [9.17, 15) is 5.11 Å². The van der Waals surface area contributed by atoms with Gasteiger partial charge in [-0.25, -0.2) is 0 Å². The summed E-state index contributed by atoms with van der Waals surface area (Å²) in [5.74, 6) is 0.763. The summed E-state index contributed by atoms with van der Waals surface area (Å²) in [5.41, 5.74) is -0.691. The van der Waals surface area contributed by atoms with Gasteiger partial charge in [0.25, 0.3) is 0 Å². The summed E-state index contributed by atoms with van der Waals surface area (Å²) < 4.78 is 5.50. The van der Waals surface area contributed by atoms with Crippen molar-refractivity contribution >= 4 is 0 Å². The van der Waals surface area contributed by atoms with Gasteiger partial charge in [0.15, 0.2) is 0 Å². The van der Waals surface area contributed by atoms with Gasteiger partial charge in [0.05, 0.1) is 6.61 Å². The van der Waals surface area contributed by atoms with Crippen LogP contribution in [0.25, 0.3) is 0 Å². The zero-order chi connectivity index (χ0) is 10.8. The van der Waals surface area contributed by atoms with Crippen LogP contribution in [0, 0.1) is 5.41 Å². The smallest absolute Gasteiger partial charge is 0.123 e. The predicted octanol–water partition coefficient (Wildman–Crippen LogP) is 2.87. The Labute approximate surface area is 87.0 Å². The largest absolute Gasteiger partial charge is 0.495 e. The molecule has 1 aliphatic rings. The molecule has 1 atom stereocenters. The van der Waals surface area contributed by atoms with Gasteiger partial charge in [-0.05, 0) is 37.7 Å². The summed E-state index contributed by atoms with van der Waals surface area (Å²) in [5, 5.41) is 10.3. The first-order chi connectivity index (χ1) is 6.31. The fourth-order valence-corrected chi connectivity index (χ4v) is 2.05. The van der Waals surface area contributed by atoms with Crippen molar-refractivity contribution in [2.75, 3.05) is 6.61 Å². The highest BCUT2D eigenvalue weighted by molar-refractivity contribution is 5.10. The molecule has 0 aromatic rings. The number of hydrogen-bond donors (Lipinski definition) is 1. The van der Waals surface area contributed by atoms with E-state index in [1.807, 2.05) is 13.0 Å². The maximum atomic E-state index is 10.3. The van der Waals surface area contributed by atoms with E-state index in [1.54, 1.807) is 0 Å². The number of allylic oxidation sites excluding steroid dienone is 1. The molecule has 0 fully saturated rings. The van der Waals surface area contributed by atoms with E-state index in [0.29, 0.717) is 0 Å². The lowest BCUT2D eigenvalue weighted by atomic mass is 9.81. The first-order valence-electron chi connectivity index (χ1n) is 5.37. The molecule has 2 nitrogen and oxygen atoms in total. The van der Waals surface area contributed by atoms with Crippen LogP contribution >= 0.6 is 0 Å². The van der Waals surface area contributed by atoms with Crippen molar-refractivity contribution in [3.8, 4) is 0 Å². The molecule has 0 spiro atoms. The molecule has 0 aromatic carbocycles. The Kier molecular flexibility index (Phi) is 3.25. The van der Waals surface area contributed by atoms with Crippen LogP contribution in [0.2, 0.25) is 0 Å². The molecule has 1 heterocycles. The topological polar surface area (TPSA) is 29.5 Å². The standard InChI is InChI=1S/C12H22O2/c1-11(2,3)9-12(4,13)10-7-5-6-8-14-10/h7,13H,5-6,8-9H2,1-4H3. The normalized spacial score (nSPS) is 22.2. The third-order valence-corrected chi connectivity index (χ3v) is 2.34. The van der Waals surface area contributed by atoms with Gasteiger partial charge in [-0.3, -0.25) is 0 Å². The van der Waals surface area contributed by atoms with Crippen LogP contribution in [0.4, 0.5) is 0 Å². The van der Waals surface area contributed by atoms with Crippen molar-refractivity contribution in [3.63, 3.8) is 0 Å². The van der Waals surface area contributed by atoms with E-state index < -0.39 is 5.60 Å². The minimum absolute atomic E-state index is 0.116. The van der Waals surface area contributed by atoms with E-state index in [0.717, 1.165) is 31.6 Å². The lowest BCUT2D eigenvalue weighted by molar-refractivity contribution is -0.00959. The van der Waals surface area contributed by atoms with Crippen LogP contribution in [-0.2, 0) is 4.74 Å². The SMILES string of the molecule is CC(C)(C)CC(C)(O)C1=CCCCO1. The molecule has 1 unspecified atom stereocenters. The summed E-state index contributed by atoms with van der Waals surface area (Å²) in [7, 11) is 0. The predicted molar refractivity (Wildman–Crippen MR) is 58.0 cm³/mol. The molecule has 14 heavy (non-hydrogen) atoms. The van der Waals surface area contributed by atoms with Crippen LogP contribution < -0.4 is 0 Å². The van der Waals surface area contributed by atoms with Crippen molar-refractivity contribution < 1.29 is 9.84 Å². The second-order valence-corrected chi connectivity index (χ2v) is 5.57. The molecule has 0 radical (unpaired) electrons. The molecule has 0 bridgehead atoms. The second kappa shape index (κ2) is 3.93. The summed E-state index contributed by atoms with van der Waals surface area (Å²) in [6, 6.07) is 0. The van der Waals surface area contributed by atoms with Gasteiger partial charge in [-0.1, -0.05) is 20.8 Å². The van der Waals surface area contributed by atoms with Crippen LogP contribution in [0.5, 0.6) is 0 Å². The molecule has 1 rings (SSSR count). The van der Waals surface area contributed by atoms with Crippen LogP contribution in [0.15, 0.2) is 11.8 Å². The second-order valence-electron chi connectivity index (χ2n) is 5.57. The number of rotatable bonds is 2. The molecule has 0 aliphatic carbocycles. The van der Waals surface area contributed by atoms with Gasteiger partial charge in [0, 0.05) is 0 Å². The average Bonchev–Trinajstić information content (AvgIpc) is 2.01. The van der Waals surface area contributed by atoms with E-state index in [4.69, 9.17) is 4.74 Å². The Bertz CT molecular complexity index is 221. The lowest BCUT2D eigenvalue weighted by Crippen LogP contribution is -2.34. The number of ether oxygens (including phenoxy) is 1. The van der Waals surface area contributed by atoms with Crippen molar-refractivity contribution in [3.05, 3.63) is 11.8 Å². The Morgan fingerprint density at radius 1 is 1.36 bits per heavy atom. The van der Waals surface area contributed by atoms with Crippen molar-refractivity contribution in [1.29, 1.82) is 0 Å². The fourth-order valence-electron chi connectivity index (χ4n) is 2.05. The average molecular weight is 198 g/mol. The van der Waals surface area contributed by atoms with Crippen molar-refractivity contribution in [1.82, 2.24) is 0 Å². The highest BCUT2D eigenvalue weighted by Gasteiger charge is 2.33. The number of aliphatic hydroxyl groups is 1. The van der Waals surface area contributed by atoms with Crippen LogP contribution in [0.1, 0.15) is 47.0 Å². The Morgan fingerprint density at radius 3 is 2.43 bits per heavy atom. The molecule has 0 saturated heterocycles. The van der Waals surface area contributed by atoms with Crippen molar-refractivity contribution in [2.45, 2.75) is 52.6 Å². The molecule has 0 aromatic heterocycles. The first kappa shape index (κ1) is 11.6. The molecule has 0 saturated carbocycles. The zero-order valence-electron chi connectivity index (χ0n) is 9.76. The van der Waals surface area contributed by atoms with E-state index in [2.05, 4.69) is 20.8 Å². The maximum absolute atomic E-state index is 10.3. The lowest BCUT2D eigenvalue weighted by Gasteiger charge is -2.34. The highest BCUT2D eigenvalue weighted by atomic mass is 16.5. The van der Waals surface area contributed by atoms with E-state index >= 15 is 0 Å². The molecular formula is C12H22O2. The van der Waals surface area contributed by atoms with Gasteiger partial charge in [0.1, 0.15) is 11.4 Å². The van der Waals surface area contributed by atoms with Crippen LogP contribution in [0.3, 0.4) is 0 Å². The third-order valence-electron chi connectivity index (χ3n) is 2.34. The van der Waals surface area contributed by atoms with Crippen LogP contribution in [-0.4, -0.2) is 17.3 Å². The summed E-state index contributed by atoms with van der Waals surface area (Å²) in [4.78, 5) is 0. The van der Waals surface area contributed by atoms with E-state index in [-0.39, 0.29) is 5.41 Å². The molecule has 2 heteroatoms. The molecule has 1 aliphatic heterocycles. The monoisotopic (exact) mass is 198 g/mol. The fraction of sp³-hybridized carbons (Fsp3) is 0.833. The minimum Gasteiger partial charge on any atom is -0.495 e. The van der Waals surface area contributed by atoms with Gasteiger partial charge in [0.2, 0.25) is 0 Å². The summed E-state index contributed by atoms with van der Waals surface area (Å²) >= 11 is 0. The van der Waals surface area contributed by atoms with Gasteiger partial charge in [-0.2, -0.15) is 0 Å². The van der Waals surface area contributed by atoms with Crippen molar-refractivity contribution in [2.24, 2.45) is 5.41 Å². The Hall–Kier alpha value is -0.500. The number of hydrogen-bond acceptors (Lipinski definition) is 2. The Morgan fingerprint density at radius 2 is 2.00 bits per heavy atom. The summed E-state index contributed by atoms with van der Waals surface area (Å²) in [6.07, 6.45) is 4.84. The van der Waals surface area contributed by atoms with Gasteiger partial charge < -0.3 is 9.84 Å². The third kappa shape index (κ3) is 3.33. The molecule has 0 amide bonds. The Balaban J connectivity index is 2.68. The molecule has 82 valence electrons. The summed E-state index contributed by atoms with van der Waals surface area (Å²) in [6.45, 7) is 8.97. The van der Waals surface area contributed by atoms with Gasteiger partial charge in [-0.15, -0.1) is 0 Å². The zero-order valence-corrected chi connectivity index (χ0v) is 9.76. The quantitative estimate of drug-likeness (QED) is 0.739. The first-order valence-corrected chi connectivity index (χ1v) is 5.37. The molecule has 1 N–H and O–H groups in total.